The summed E-state index contributed by atoms with van der Waals surface area (Å²) in [5, 5.41) is 4.03. The fourth-order valence-corrected chi connectivity index (χ4v) is 2.03. The molecule has 1 aliphatic heterocycles. The van der Waals surface area contributed by atoms with E-state index in [1.165, 1.54) is 12.8 Å². The molecule has 5 heteroatoms. The molecular weight excluding hydrogens is 192 g/mol. The summed E-state index contributed by atoms with van der Waals surface area (Å²) >= 11 is 0. The lowest BCUT2D eigenvalue weighted by Gasteiger charge is -2.29. The highest BCUT2D eigenvalue weighted by Gasteiger charge is 2.24. The van der Waals surface area contributed by atoms with Crippen LogP contribution in [0, 0.1) is 0 Å². The van der Waals surface area contributed by atoms with E-state index in [4.69, 9.17) is 10.3 Å². The number of piperidine rings is 1. The van der Waals surface area contributed by atoms with Gasteiger partial charge in [-0.25, -0.2) is 0 Å². The van der Waals surface area contributed by atoms with E-state index in [1.54, 1.807) is 0 Å². The van der Waals surface area contributed by atoms with Crippen LogP contribution in [0.1, 0.15) is 37.0 Å². The van der Waals surface area contributed by atoms with E-state index < -0.39 is 0 Å². The van der Waals surface area contributed by atoms with Crippen molar-refractivity contribution in [2.75, 3.05) is 20.1 Å². The molecule has 0 amide bonds. The van der Waals surface area contributed by atoms with Gasteiger partial charge in [0, 0.05) is 13.0 Å². The molecule has 0 bridgehead atoms. The zero-order valence-electron chi connectivity index (χ0n) is 9.15. The first-order valence-electron chi connectivity index (χ1n) is 5.54. The minimum absolute atomic E-state index is 0.328. The Labute approximate surface area is 89.6 Å². The Bertz CT molecular complexity index is 312. The molecule has 1 aromatic heterocycles. The van der Waals surface area contributed by atoms with E-state index in [9.17, 15) is 0 Å². The molecule has 1 aliphatic rings. The summed E-state index contributed by atoms with van der Waals surface area (Å²) in [5.74, 6) is 1.48. The van der Waals surface area contributed by atoms with Crippen molar-refractivity contribution in [2.24, 2.45) is 5.73 Å². The van der Waals surface area contributed by atoms with Gasteiger partial charge < -0.3 is 10.3 Å². The van der Waals surface area contributed by atoms with Crippen molar-refractivity contribution in [3.8, 4) is 0 Å². The third-order valence-electron chi connectivity index (χ3n) is 2.91. The fourth-order valence-electron chi connectivity index (χ4n) is 2.03. The number of likely N-dealkylation sites (tertiary alicyclic amines) is 1. The summed E-state index contributed by atoms with van der Waals surface area (Å²) in [6.07, 6.45) is 4.30. The molecule has 0 aromatic carbocycles. The van der Waals surface area contributed by atoms with Crippen LogP contribution >= 0.6 is 0 Å². The summed E-state index contributed by atoms with van der Waals surface area (Å²) < 4.78 is 5.14. The number of hydrogen-bond donors (Lipinski definition) is 1. The molecule has 15 heavy (non-hydrogen) atoms. The lowest BCUT2D eigenvalue weighted by molar-refractivity contribution is 0.176. The number of aromatic nitrogens is 2. The van der Waals surface area contributed by atoms with Crippen molar-refractivity contribution in [1.29, 1.82) is 0 Å². The van der Waals surface area contributed by atoms with E-state index in [0.29, 0.717) is 24.9 Å². The molecule has 0 saturated carbocycles. The predicted octanol–water partition coefficient (Wildman–Crippen LogP) is 0.728. The lowest BCUT2D eigenvalue weighted by atomic mass is 10.0. The number of rotatable bonds is 3. The van der Waals surface area contributed by atoms with Gasteiger partial charge in [0.1, 0.15) is 0 Å². The summed E-state index contributed by atoms with van der Waals surface area (Å²) in [4.78, 5) is 6.67. The zero-order chi connectivity index (χ0) is 10.7. The number of nitrogens with two attached hydrogens (primary N) is 1. The maximum Gasteiger partial charge on any atom is 0.227 e. The van der Waals surface area contributed by atoms with Gasteiger partial charge in [-0.3, -0.25) is 4.90 Å². The summed E-state index contributed by atoms with van der Waals surface area (Å²) in [6, 6.07) is 0.328. The Kier molecular flexibility index (Phi) is 3.33. The summed E-state index contributed by atoms with van der Waals surface area (Å²) in [7, 11) is 2.11. The Balaban J connectivity index is 2.06. The van der Waals surface area contributed by atoms with Gasteiger partial charge in [-0.05, 0) is 26.4 Å². The molecule has 1 unspecified atom stereocenters. The average Bonchev–Trinajstić information content (AvgIpc) is 2.68. The first-order valence-corrected chi connectivity index (χ1v) is 5.54. The first-order chi connectivity index (χ1) is 7.31. The molecule has 5 nitrogen and oxygen atoms in total. The minimum Gasteiger partial charge on any atom is -0.339 e. The van der Waals surface area contributed by atoms with Crippen LogP contribution in [-0.4, -0.2) is 35.2 Å². The van der Waals surface area contributed by atoms with Crippen molar-refractivity contribution in [2.45, 2.75) is 31.7 Å². The van der Waals surface area contributed by atoms with E-state index in [2.05, 4.69) is 22.1 Å². The normalized spacial score (nSPS) is 23.2. The Morgan fingerprint density at radius 1 is 1.53 bits per heavy atom. The van der Waals surface area contributed by atoms with Gasteiger partial charge in [-0.2, -0.15) is 4.98 Å². The van der Waals surface area contributed by atoms with Crippen LogP contribution in [0.25, 0.3) is 0 Å². The number of nitrogens with zero attached hydrogens (tertiary/aromatic N) is 3. The standard InChI is InChI=1S/C10H18N4O/c1-14-7-3-2-4-8(14)10-12-9(5-6-11)15-13-10/h8H,2-7,11H2,1H3. The Morgan fingerprint density at radius 2 is 2.40 bits per heavy atom. The molecule has 0 aliphatic carbocycles. The maximum atomic E-state index is 5.44. The molecular formula is C10H18N4O. The summed E-state index contributed by atoms with van der Waals surface area (Å²) in [5.41, 5.74) is 5.44. The second-order valence-corrected chi connectivity index (χ2v) is 4.08. The molecule has 2 rings (SSSR count). The van der Waals surface area contributed by atoms with Crippen LogP contribution in [0.15, 0.2) is 4.52 Å². The molecule has 1 saturated heterocycles. The van der Waals surface area contributed by atoms with Crippen LogP contribution in [0.3, 0.4) is 0 Å². The molecule has 84 valence electrons. The molecule has 1 aromatic rings. The van der Waals surface area contributed by atoms with Crippen molar-refractivity contribution in [3.63, 3.8) is 0 Å². The van der Waals surface area contributed by atoms with Crippen molar-refractivity contribution in [1.82, 2.24) is 15.0 Å². The van der Waals surface area contributed by atoms with Gasteiger partial charge >= 0.3 is 0 Å². The van der Waals surface area contributed by atoms with Crippen LogP contribution in [-0.2, 0) is 6.42 Å². The van der Waals surface area contributed by atoms with Crippen molar-refractivity contribution in [3.05, 3.63) is 11.7 Å². The molecule has 0 radical (unpaired) electrons. The fraction of sp³-hybridized carbons (Fsp3) is 0.800. The first kappa shape index (κ1) is 10.6. The van der Waals surface area contributed by atoms with Crippen molar-refractivity contribution < 1.29 is 4.52 Å². The lowest BCUT2D eigenvalue weighted by Crippen LogP contribution is -2.30. The van der Waals surface area contributed by atoms with Gasteiger partial charge in [-0.15, -0.1) is 0 Å². The molecule has 1 fully saturated rings. The Morgan fingerprint density at radius 3 is 3.13 bits per heavy atom. The zero-order valence-corrected chi connectivity index (χ0v) is 9.15. The highest BCUT2D eigenvalue weighted by molar-refractivity contribution is 4.96. The van der Waals surface area contributed by atoms with Crippen LogP contribution in [0.5, 0.6) is 0 Å². The van der Waals surface area contributed by atoms with Gasteiger partial charge in [0.05, 0.1) is 6.04 Å². The largest absolute Gasteiger partial charge is 0.339 e. The minimum atomic E-state index is 0.328. The van der Waals surface area contributed by atoms with Gasteiger partial charge in [0.25, 0.3) is 0 Å². The monoisotopic (exact) mass is 210 g/mol. The highest BCUT2D eigenvalue weighted by atomic mass is 16.5. The van der Waals surface area contributed by atoms with Gasteiger partial charge in [0.15, 0.2) is 5.82 Å². The van der Waals surface area contributed by atoms with Gasteiger partial charge in [-0.1, -0.05) is 11.6 Å². The summed E-state index contributed by atoms with van der Waals surface area (Å²) in [6.45, 7) is 1.67. The quantitative estimate of drug-likeness (QED) is 0.796. The van der Waals surface area contributed by atoms with E-state index >= 15 is 0 Å². The smallest absolute Gasteiger partial charge is 0.227 e. The van der Waals surface area contributed by atoms with Crippen LogP contribution < -0.4 is 5.73 Å². The second kappa shape index (κ2) is 4.72. The van der Waals surface area contributed by atoms with Crippen molar-refractivity contribution >= 4 is 0 Å². The van der Waals surface area contributed by atoms with E-state index in [-0.39, 0.29) is 0 Å². The maximum absolute atomic E-state index is 5.44. The highest BCUT2D eigenvalue weighted by Crippen LogP contribution is 2.27. The average molecular weight is 210 g/mol. The topological polar surface area (TPSA) is 68.2 Å². The Hall–Kier alpha value is -0.940. The number of hydrogen-bond acceptors (Lipinski definition) is 5. The molecule has 2 heterocycles. The molecule has 2 N–H and O–H groups in total. The molecule has 1 atom stereocenters. The SMILES string of the molecule is CN1CCCCC1c1noc(CCN)n1. The van der Waals surface area contributed by atoms with Gasteiger partial charge in [0.2, 0.25) is 5.89 Å². The third kappa shape index (κ3) is 2.35. The second-order valence-electron chi connectivity index (χ2n) is 4.08. The molecule has 0 spiro atoms. The van der Waals surface area contributed by atoms with Crippen LogP contribution in [0.4, 0.5) is 0 Å². The predicted molar refractivity (Wildman–Crippen MR) is 56.3 cm³/mol. The van der Waals surface area contributed by atoms with E-state index in [1.807, 2.05) is 0 Å². The van der Waals surface area contributed by atoms with E-state index in [0.717, 1.165) is 18.8 Å². The van der Waals surface area contributed by atoms with Crippen LogP contribution in [0.2, 0.25) is 0 Å². The third-order valence-corrected chi connectivity index (χ3v) is 2.91.